The van der Waals surface area contributed by atoms with Crippen LogP contribution in [0.3, 0.4) is 0 Å². The summed E-state index contributed by atoms with van der Waals surface area (Å²) < 4.78 is 0. The molecule has 0 saturated carbocycles. The number of rotatable bonds is 5. The topological polar surface area (TPSA) is 9.72 Å². The zero-order valence-corrected chi connectivity index (χ0v) is 16.2. The third-order valence-corrected chi connectivity index (χ3v) is 6.62. The molecule has 2 aliphatic heterocycles. The van der Waals surface area contributed by atoms with Crippen LogP contribution in [0.1, 0.15) is 37.7 Å². The Balaban J connectivity index is 1.17. The minimum Gasteiger partial charge on any atom is -0.301 e. The summed E-state index contributed by atoms with van der Waals surface area (Å²) >= 11 is 0. The molecule has 0 spiro atoms. The van der Waals surface area contributed by atoms with Crippen molar-refractivity contribution >= 4 is 0 Å². The van der Waals surface area contributed by atoms with E-state index in [-0.39, 0.29) is 0 Å². The third-order valence-electron chi connectivity index (χ3n) is 6.62. The first-order valence-electron chi connectivity index (χ1n) is 10.7. The normalized spacial score (nSPS) is 27.0. The molecular weight excluding hydrogens is 318 g/mol. The molecule has 3 nitrogen and oxygen atoms in total. The quantitative estimate of drug-likeness (QED) is 0.749. The second-order valence-corrected chi connectivity index (χ2v) is 8.48. The van der Waals surface area contributed by atoms with Gasteiger partial charge in [-0.3, -0.25) is 9.80 Å². The summed E-state index contributed by atoms with van der Waals surface area (Å²) in [6.45, 7) is 10.1. The van der Waals surface area contributed by atoms with Crippen molar-refractivity contribution in [3.05, 3.63) is 48.0 Å². The molecule has 3 aliphatic rings. The van der Waals surface area contributed by atoms with Crippen molar-refractivity contribution in [1.29, 1.82) is 0 Å². The van der Waals surface area contributed by atoms with Gasteiger partial charge in [0, 0.05) is 45.3 Å². The standard InChI is InChI=1S/C23H35N3/c1-3-7-21(8-4-1)19-24-13-11-23(12-14-24)26-17-15-25(16-18-26)20-22-9-5-2-6-10-22/h1-5,7-8,22-23H,6,9-20H2. The van der Waals surface area contributed by atoms with Gasteiger partial charge in [-0.2, -0.15) is 0 Å². The van der Waals surface area contributed by atoms with E-state index in [2.05, 4.69) is 57.2 Å². The van der Waals surface area contributed by atoms with Crippen LogP contribution in [0.25, 0.3) is 0 Å². The molecule has 0 aromatic heterocycles. The molecule has 0 radical (unpaired) electrons. The van der Waals surface area contributed by atoms with E-state index in [1.165, 1.54) is 83.5 Å². The number of piperazine rings is 1. The highest BCUT2D eigenvalue weighted by atomic mass is 15.3. The summed E-state index contributed by atoms with van der Waals surface area (Å²) in [6, 6.07) is 11.8. The summed E-state index contributed by atoms with van der Waals surface area (Å²) in [5.74, 6) is 0.910. The molecular formula is C23H35N3. The molecule has 4 rings (SSSR count). The minimum absolute atomic E-state index is 0.821. The number of benzene rings is 1. The van der Waals surface area contributed by atoms with E-state index in [0.29, 0.717) is 0 Å². The van der Waals surface area contributed by atoms with Crippen LogP contribution in [-0.2, 0) is 6.54 Å². The van der Waals surface area contributed by atoms with Gasteiger partial charge in [-0.1, -0.05) is 42.5 Å². The van der Waals surface area contributed by atoms with Crippen molar-refractivity contribution < 1.29 is 0 Å². The first kappa shape index (κ1) is 18.2. The van der Waals surface area contributed by atoms with Crippen LogP contribution in [0.4, 0.5) is 0 Å². The highest BCUT2D eigenvalue weighted by molar-refractivity contribution is 5.14. The average molecular weight is 354 g/mol. The molecule has 26 heavy (non-hydrogen) atoms. The van der Waals surface area contributed by atoms with Crippen molar-refractivity contribution in [1.82, 2.24) is 14.7 Å². The van der Waals surface area contributed by atoms with E-state index < -0.39 is 0 Å². The number of piperidine rings is 1. The zero-order valence-electron chi connectivity index (χ0n) is 16.2. The van der Waals surface area contributed by atoms with Gasteiger partial charge in [-0.15, -0.1) is 0 Å². The number of hydrogen-bond acceptors (Lipinski definition) is 3. The molecule has 1 atom stereocenters. The van der Waals surface area contributed by atoms with Crippen LogP contribution in [0.5, 0.6) is 0 Å². The molecule has 142 valence electrons. The van der Waals surface area contributed by atoms with Crippen LogP contribution in [0.15, 0.2) is 42.5 Å². The first-order chi connectivity index (χ1) is 12.9. The summed E-state index contributed by atoms with van der Waals surface area (Å²) in [5.41, 5.74) is 1.46. The van der Waals surface area contributed by atoms with Crippen LogP contribution >= 0.6 is 0 Å². The van der Waals surface area contributed by atoms with Gasteiger partial charge in [0.05, 0.1) is 0 Å². The van der Waals surface area contributed by atoms with Crippen molar-refractivity contribution in [2.24, 2.45) is 5.92 Å². The molecule has 1 unspecified atom stereocenters. The maximum atomic E-state index is 2.79. The Kier molecular flexibility index (Phi) is 6.42. The van der Waals surface area contributed by atoms with E-state index in [0.717, 1.165) is 18.5 Å². The lowest BCUT2D eigenvalue weighted by molar-refractivity contribution is 0.0515. The molecule has 0 N–H and O–H groups in total. The summed E-state index contributed by atoms with van der Waals surface area (Å²) in [4.78, 5) is 8.15. The lowest BCUT2D eigenvalue weighted by Crippen LogP contribution is -2.53. The number of likely N-dealkylation sites (tertiary alicyclic amines) is 1. The Morgan fingerprint density at radius 2 is 1.54 bits per heavy atom. The Bertz CT molecular complexity index is 554. The Hall–Kier alpha value is -1.16. The predicted molar refractivity (Wildman–Crippen MR) is 109 cm³/mol. The fraction of sp³-hybridized carbons (Fsp3) is 0.652. The van der Waals surface area contributed by atoms with Gasteiger partial charge in [-0.25, -0.2) is 0 Å². The SMILES string of the molecule is C1=CCC(CN2CCN(C3CCN(Cc4ccccc4)CC3)CC2)CC1. The molecule has 2 saturated heterocycles. The van der Waals surface area contributed by atoms with E-state index in [4.69, 9.17) is 0 Å². The largest absolute Gasteiger partial charge is 0.301 e. The van der Waals surface area contributed by atoms with Crippen LogP contribution in [0.2, 0.25) is 0 Å². The summed E-state index contributed by atoms with van der Waals surface area (Å²) in [6.07, 6.45) is 11.5. The van der Waals surface area contributed by atoms with Gasteiger partial charge in [0.25, 0.3) is 0 Å². The smallest absolute Gasteiger partial charge is 0.0233 e. The number of hydrogen-bond donors (Lipinski definition) is 0. The van der Waals surface area contributed by atoms with Crippen molar-refractivity contribution in [3.63, 3.8) is 0 Å². The lowest BCUT2D eigenvalue weighted by Gasteiger charge is -2.43. The van der Waals surface area contributed by atoms with Gasteiger partial charge >= 0.3 is 0 Å². The monoisotopic (exact) mass is 353 g/mol. The first-order valence-corrected chi connectivity index (χ1v) is 10.7. The van der Waals surface area contributed by atoms with E-state index in [1.807, 2.05) is 0 Å². The molecule has 3 heteroatoms. The molecule has 2 fully saturated rings. The number of nitrogens with zero attached hydrogens (tertiary/aromatic N) is 3. The second-order valence-electron chi connectivity index (χ2n) is 8.48. The molecule has 1 aromatic carbocycles. The predicted octanol–water partition coefficient (Wildman–Crippen LogP) is 3.62. The fourth-order valence-corrected chi connectivity index (χ4v) is 4.98. The number of allylic oxidation sites excluding steroid dienone is 2. The zero-order chi connectivity index (χ0) is 17.6. The molecule has 0 bridgehead atoms. The van der Waals surface area contributed by atoms with Crippen molar-refractivity contribution in [2.45, 2.75) is 44.7 Å². The summed E-state index contributed by atoms with van der Waals surface area (Å²) in [5, 5.41) is 0. The highest BCUT2D eigenvalue weighted by Crippen LogP contribution is 2.22. The molecule has 1 aromatic rings. The average Bonchev–Trinajstić information content (AvgIpc) is 2.71. The van der Waals surface area contributed by atoms with E-state index >= 15 is 0 Å². The Morgan fingerprint density at radius 3 is 2.23 bits per heavy atom. The molecule has 1 aliphatic carbocycles. The minimum atomic E-state index is 0.821. The van der Waals surface area contributed by atoms with E-state index in [9.17, 15) is 0 Å². The maximum Gasteiger partial charge on any atom is 0.0233 e. The third kappa shape index (κ3) is 4.97. The van der Waals surface area contributed by atoms with Gasteiger partial charge in [-0.05, 0) is 56.7 Å². The molecule has 2 heterocycles. The summed E-state index contributed by atoms with van der Waals surface area (Å²) in [7, 11) is 0. The van der Waals surface area contributed by atoms with Gasteiger partial charge in [0.15, 0.2) is 0 Å². The Labute approximate surface area is 159 Å². The van der Waals surface area contributed by atoms with Gasteiger partial charge in [0.2, 0.25) is 0 Å². The van der Waals surface area contributed by atoms with E-state index in [1.54, 1.807) is 0 Å². The van der Waals surface area contributed by atoms with Crippen LogP contribution < -0.4 is 0 Å². The lowest BCUT2D eigenvalue weighted by atomic mass is 9.93. The Morgan fingerprint density at radius 1 is 0.769 bits per heavy atom. The van der Waals surface area contributed by atoms with Crippen molar-refractivity contribution in [2.75, 3.05) is 45.8 Å². The van der Waals surface area contributed by atoms with Gasteiger partial charge in [0.1, 0.15) is 0 Å². The van der Waals surface area contributed by atoms with Crippen molar-refractivity contribution in [3.8, 4) is 0 Å². The van der Waals surface area contributed by atoms with Gasteiger partial charge < -0.3 is 4.90 Å². The maximum absolute atomic E-state index is 2.79. The second kappa shape index (κ2) is 9.16. The highest BCUT2D eigenvalue weighted by Gasteiger charge is 2.28. The van der Waals surface area contributed by atoms with Crippen LogP contribution in [-0.4, -0.2) is 66.6 Å². The fourth-order valence-electron chi connectivity index (χ4n) is 4.98. The van der Waals surface area contributed by atoms with Crippen LogP contribution in [0, 0.1) is 5.92 Å². The molecule has 0 amide bonds.